The second-order valence-electron chi connectivity index (χ2n) is 4.07. The first-order valence-electron chi connectivity index (χ1n) is 5.68. The zero-order valence-electron chi connectivity index (χ0n) is 10.4. The molecule has 2 aromatic carbocycles. The summed E-state index contributed by atoms with van der Waals surface area (Å²) < 4.78 is 5.12. The quantitative estimate of drug-likeness (QED) is 0.445. The number of carbonyl (C=O) groups excluding carboxylic acids is 1. The number of carboxylic acid groups (broad SMARTS) is 1. The van der Waals surface area contributed by atoms with Gasteiger partial charge < -0.3 is 21.3 Å². The fourth-order valence-corrected chi connectivity index (χ4v) is 1.55. The van der Waals surface area contributed by atoms with Crippen LogP contribution in [0.4, 0.5) is 11.4 Å². The van der Waals surface area contributed by atoms with Crippen LogP contribution in [0.3, 0.4) is 0 Å². The van der Waals surface area contributed by atoms with Crippen LogP contribution in [0.25, 0.3) is 0 Å². The van der Waals surface area contributed by atoms with Gasteiger partial charge in [-0.15, -0.1) is 0 Å². The Hall–Kier alpha value is -3.02. The van der Waals surface area contributed by atoms with Gasteiger partial charge in [0.25, 0.3) is 0 Å². The van der Waals surface area contributed by atoms with E-state index in [9.17, 15) is 9.59 Å². The number of rotatable bonds is 3. The van der Waals surface area contributed by atoms with Crippen molar-refractivity contribution < 1.29 is 19.4 Å². The minimum Gasteiger partial charge on any atom is -0.478 e. The summed E-state index contributed by atoms with van der Waals surface area (Å²) in [5.41, 5.74) is 12.3. The highest BCUT2D eigenvalue weighted by Gasteiger charge is 2.12. The summed E-state index contributed by atoms with van der Waals surface area (Å²) in [6.07, 6.45) is 0. The zero-order chi connectivity index (χ0) is 14.7. The van der Waals surface area contributed by atoms with E-state index in [0.717, 1.165) is 0 Å². The van der Waals surface area contributed by atoms with Crippen molar-refractivity contribution in [3.8, 4) is 5.75 Å². The van der Waals surface area contributed by atoms with Crippen LogP contribution in [0.5, 0.6) is 5.75 Å². The zero-order valence-corrected chi connectivity index (χ0v) is 10.4. The van der Waals surface area contributed by atoms with Gasteiger partial charge in [0, 0.05) is 11.8 Å². The van der Waals surface area contributed by atoms with Crippen molar-refractivity contribution >= 4 is 23.3 Å². The Labute approximate surface area is 114 Å². The van der Waals surface area contributed by atoms with E-state index < -0.39 is 11.9 Å². The highest BCUT2D eigenvalue weighted by molar-refractivity contribution is 5.94. The standard InChI is InChI=1S/C14H12N2O4/c15-10-5-6-11(16)12(7-10)20-14(19)9-3-1-8(2-4-9)13(17)18/h1-7H,15-16H2,(H,17,18). The maximum Gasteiger partial charge on any atom is 0.343 e. The van der Waals surface area contributed by atoms with Gasteiger partial charge in [0.2, 0.25) is 0 Å². The Morgan fingerprint density at radius 3 is 2.15 bits per heavy atom. The molecule has 0 aliphatic rings. The third-order valence-electron chi connectivity index (χ3n) is 2.61. The van der Waals surface area contributed by atoms with Gasteiger partial charge in [0.05, 0.1) is 16.8 Å². The fraction of sp³-hybridized carbons (Fsp3) is 0. The third-order valence-corrected chi connectivity index (χ3v) is 2.61. The number of anilines is 2. The molecular formula is C14H12N2O4. The largest absolute Gasteiger partial charge is 0.478 e. The number of benzene rings is 2. The number of carboxylic acids is 1. The first-order valence-corrected chi connectivity index (χ1v) is 5.68. The summed E-state index contributed by atoms with van der Waals surface area (Å²) in [5, 5.41) is 8.77. The number of aromatic carboxylic acids is 1. The van der Waals surface area contributed by atoms with Crippen LogP contribution in [-0.4, -0.2) is 17.0 Å². The molecule has 5 N–H and O–H groups in total. The van der Waals surface area contributed by atoms with Crippen LogP contribution in [0.1, 0.15) is 20.7 Å². The smallest absolute Gasteiger partial charge is 0.343 e. The van der Waals surface area contributed by atoms with Gasteiger partial charge in [-0.3, -0.25) is 0 Å². The van der Waals surface area contributed by atoms with Gasteiger partial charge in [0.1, 0.15) is 0 Å². The normalized spacial score (nSPS) is 10.0. The molecule has 0 aliphatic carbocycles. The van der Waals surface area contributed by atoms with E-state index in [1.54, 1.807) is 6.07 Å². The van der Waals surface area contributed by atoms with Crippen molar-refractivity contribution in [1.29, 1.82) is 0 Å². The maximum atomic E-state index is 11.9. The number of nitrogen functional groups attached to an aromatic ring is 2. The lowest BCUT2D eigenvalue weighted by atomic mass is 10.1. The van der Waals surface area contributed by atoms with Crippen LogP contribution in [0.15, 0.2) is 42.5 Å². The molecule has 0 heterocycles. The van der Waals surface area contributed by atoms with Crippen LogP contribution >= 0.6 is 0 Å². The number of carbonyl (C=O) groups is 2. The Morgan fingerprint density at radius 2 is 1.55 bits per heavy atom. The van der Waals surface area contributed by atoms with Crippen molar-refractivity contribution in [2.75, 3.05) is 11.5 Å². The van der Waals surface area contributed by atoms with Crippen molar-refractivity contribution in [2.45, 2.75) is 0 Å². The molecule has 2 aromatic rings. The summed E-state index contributed by atoms with van der Waals surface area (Å²) in [7, 11) is 0. The first kappa shape index (κ1) is 13.4. The number of nitrogens with two attached hydrogens (primary N) is 2. The molecule has 102 valence electrons. The lowest BCUT2D eigenvalue weighted by molar-refractivity contribution is 0.0692. The van der Waals surface area contributed by atoms with Crippen LogP contribution in [-0.2, 0) is 0 Å². The second-order valence-corrected chi connectivity index (χ2v) is 4.07. The Morgan fingerprint density at radius 1 is 0.950 bits per heavy atom. The molecule has 0 saturated carbocycles. The van der Waals surface area contributed by atoms with Crippen molar-refractivity contribution in [3.05, 3.63) is 53.6 Å². The second kappa shape index (κ2) is 5.31. The molecule has 2 rings (SSSR count). The minimum atomic E-state index is -1.06. The van der Waals surface area contributed by atoms with Gasteiger partial charge >= 0.3 is 11.9 Å². The lowest BCUT2D eigenvalue weighted by Crippen LogP contribution is -2.10. The molecule has 20 heavy (non-hydrogen) atoms. The monoisotopic (exact) mass is 272 g/mol. The van der Waals surface area contributed by atoms with Crippen molar-refractivity contribution in [2.24, 2.45) is 0 Å². The topological polar surface area (TPSA) is 116 Å². The molecule has 6 heteroatoms. The Bertz CT molecular complexity index is 665. The molecule has 0 aliphatic heterocycles. The minimum absolute atomic E-state index is 0.0880. The van der Waals surface area contributed by atoms with Crippen LogP contribution in [0, 0.1) is 0 Å². The first-order chi connectivity index (χ1) is 9.47. The number of ether oxygens (including phenoxy) is 1. The molecule has 6 nitrogen and oxygen atoms in total. The number of esters is 1. The van der Waals surface area contributed by atoms with E-state index >= 15 is 0 Å². The number of hydrogen-bond donors (Lipinski definition) is 3. The molecule has 0 bridgehead atoms. The van der Waals surface area contributed by atoms with E-state index in [-0.39, 0.29) is 22.6 Å². The lowest BCUT2D eigenvalue weighted by Gasteiger charge is -2.08. The molecule has 0 unspecified atom stereocenters. The SMILES string of the molecule is Nc1ccc(N)c(OC(=O)c2ccc(C(=O)O)cc2)c1. The summed E-state index contributed by atoms with van der Waals surface area (Å²) >= 11 is 0. The predicted octanol–water partition coefficient (Wildman–Crippen LogP) is 1.77. The van der Waals surface area contributed by atoms with E-state index in [2.05, 4.69) is 0 Å². The Kier molecular flexibility index (Phi) is 3.56. The molecule has 0 atom stereocenters. The fourth-order valence-electron chi connectivity index (χ4n) is 1.55. The highest BCUT2D eigenvalue weighted by atomic mass is 16.5. The summed E-state index contributed by atoms with van der Waals surface area (Å²) in [6.45, 7) is 0. The van der Waals surface area contributed by atoms with Crippen LogP contribution in [0.2, 0.25) is 0 Å². The molecule has 0 fully saturated rings. The molecule has 0 radical (unpaired) electrons. The van der Waals surface area contributed by atoms with Gasteiger partial charge in [-0.2, -0.15) is 0 Å². The van der Waals surface area contributed by atoms with E-state index in [0.29, 0.717) is 5.69 Å². The van der Waals surface area contributed by atoms with E-state index in [1.165, 1.54) is 36.4 Å². The average molecular weight is 272 g/mol. The van der Waals surface area contributed by atoms with E-state index in [4.69, 9.17) is 21.3 Å². The van der Waals surface area contributed by atoms with Gasteiger partial charge in [0.15, 0.2) is 5.75 Å². The van der Waals surface area contributed by atoms with Crippen molar-refractivity contribution in [3.63, 3.8) is 0 Å². The molecule has 0 amide bonds. The predicted molar refractivity (Wildman–Crippen MR) is 73.6 cm³/mol. The van der Waals surface area contributed by atoms with Crippen molar-refractivity contribution in [1.82, 2.24) is 0 Å². The average Bonchev–Trinajstić information content (AvgIpc) is 2.43. The van der Waals surface area contributed by atoms with E-state index in [1.807, 2.05) is 0 Å². The highest BCUT2D eigenvalue weighted by Crippen LogP contribution is 2.24. The molecule has 0 saturated heterocycles. The third kappa shape index (κ3) is 2.86. The van der Waals surface area contributed by atoms with Crippen LogP contribution < -0.4 is 16.2 Å². The molecular weight excluding hydrogens is 260 g/mol. The van der Waals surface area contributed by atoms with Gasteiger partial charge in [-0.25, -0.2) is 9.59 Å². The summed E-state index contributed by atoms with van der Waals surface area (Å²) in [4.78, 5) is 22.6. The molecule has 0 spiro atoms. The molecule has 0 aromatic heterocycles. The van der Waals surface area contributed by atoms with Gasteiger partial charge in [-0.1, -0.05) is 0 Å². The number of hydrogen-bond acceptors (Lipinski definition) is 5. The maximum absolute atomic E-state index is 11.9. The Balaban J connectivity index is 2.19. The summed E-state index contributed by atoms with van der Waals surface area (Å²) in [6, 6.07) is 9.95. The summed E-state index contributed by atoms with van der Waals surface area (Å²) in [5.74, 6) is -1.54. The van der Waals surface area contributed by atoms with Gasteiger partial charge in [-0.05, 0) is 36.4 Å².